The Hall–Kier alpha value is -0.520. The molecule has 4 nitrogen and oxygen atoms in total. The average Bonchev–Trinajstić information content (AvgIpc) is 2.62. The number of hydrogen-bond donors (Lipinski definition) is 1. The van der Waals surface area contributed by atoms with E-state index in [0.717, 1.165) is 36.1 Å². The van der Waals surface area contributed by atoms with Crippen LogP contribution < -0.4 is 0 Å². The molecule has 2 heterocycles. The van der Waals surface area contributed by atoms with Crippen molar-refractivity contribution in [2.75, 3.05) is 13.1 Å². The molecule has 5 heteroatoms. The van der Waals surface area contributed by atoms with Gasteiger partial charge in [-0.2, -0.15) is 0 Å². The number of aliphatic hydroxyl groups excluding tert-OH is 1. The molecule has 1 atom stereocenters. The summed E-state index contributed by atoms with van der Waals surface area (Å²) in [6.07, 6.45) is 0.742. The molecule has 1 unspecified atom stereocenters. The molecule has 1 aliphatic heterocycles. The zero-order valence-electron chi connectivity index (χ0n) is 7.60. The van der Waals surface area contributed by atoms with Crippen LogP contribution in [0.1, 0.15) is 16.4 Å². The van der Waals surface area contributed by atoms with Gasteiger partial charge in [0.1, 0.15) is 10.0 Å². The van der Waals surface area contributed by atoms with E-state index in [1.165, 1.54) is 0 Å². The van der Waals surface area contributed by atoms with Gasteiger partial charge in [0.25, 0.3) is 0 Å². The summed E-state index contributed by atoms with van der Waals surface area (Å²) in [5, 5.41) is 19.4. The van der Waals surface area contributed by atoms with Crippen molar-refractivity contribution in [1.82, 2.24) is 15.1 Å². The van der Waals surface area contributed by atoms with Gasteiger partial charge in [-0.05, 0) is 13.3 Å². The highest BCUT2D eigenvalue weighted by molar-refractivity contribution is 7.11. The number of aromatic nitrogens is 2. The lowest BCUT2D eigenvalue weighted by atomic mass is 10.3. The van der Waals surface area contributed by atoms with Crippen LogP contribution in [0.15, 0.2) is 0 Å². The van der Waals surface area contributed by atoms with E-state index in [4.69, 9.17) is 0 Å². The second-order valence-electron chi connectivity index (χ2n) is 3.39. The van der Waals surface area contributed by atoms with Crippen LogP contribution in [0, 0.1) is 6.92 Å². The minimum absolute atomic E-state index is 0.144. The molecular formula is C8H13N3OS. The number of likely N-dealkylation sites (tertiary alicyclic amines) is 1. The fraction of sp³-hybridized carbons (Fsp3) is 0.750. The predicted molar refractivity (Wildman–Crippen MR) is 50.5 cm³/mol. The van der Waals surface area contributed by atoms with Crippen molar-refractivity contribution in [2.24, 2.45) is 0 Å². The van der Waals surface area contributed by atoms with E-state index in [-0.39, 0.29) is 6.10 Å². The smallest absolute Gasteiger partial charge is 0.131 e. The first-order chi connectivity index (χ1) is 6.24. The van der Waals surface area contributed by atoms with E-state index in [2.05, 4.69) is 15.1 Å². The van der Waals surface area contributed by atoms with Crippen molar-refractivity contribution in [3.05, 3.63) is 10.0 Å². The number of aryl methyl sites for hydroxylation is 1. The van der Waals surface area contributed by atoms with Crippen LogP contribution in [0.4, 0.5) is 0 Å². The minimum atomic E-state index is -0.144. The topological polar surface area (TPSA) is 49.2 Å². The summed E-state index contributed by atoms with van der Waals surface area (Å²) in [7, 11) is 0. The maximum atomic E-state index is 9.31. The Morgan fingerprint density at radius 2 is 2.46 bits per heavy atom. The summed E-state index contributed by atoms with van der Waals surface area (Å²) >= 11 is 1.63. The Labute approximate surface area is 81.2 Å². The van der Waals surface area contributed by atoms with Crippen molar-refractivity contribution in [2.45, 2.75) is 26.0 Å². The van der Waals surface area contributed by atoms with Gasteiger partial charge in [0.15, 0.2) is 0 Å². The first kappa shape index (κ1) is 9.05. The van der Waals surface area contributed by atoms with Crippen LogP contribution in [0.25, 0.3) is 0 Å². The third kappa shape index (κ3) is 2.24. The highest BCUT2D eigenvalue weighted by atomic mass is 32.1. The van der Waals surface area contributed by atoms with Crippen molar-refractivity contribution in [3.8, 4) is 0 Å². The van der Waals surface area contributed by atoms with E-state index < -0.39 is 0 Å². The fourth-order valence-corrected chi connectivity index (χ4v) is 2.30. The molecule has 1 fully saturated rings. The lowest BCUT2D eigenvalue weighted by Gasteiger charge is -2.11. The lowest BCUT2D eigenvalue weighted by molar-refractivity contribution is 0.174. The van der Waals surface area contributed by atoms with Crippen molar-refractivity contribution < 1.29 is 5.11 Å². The maximum absolute atomic E-state index is 9.31. The Kier molecular flexibility index (Phi) is 2.57. The second-order valence-corrected chi connectivity index (χ2v) is 4.66. The molecule has 0 radical (unpaired) electrons. The Morgan fingerprint density at radius 3 is 3.00 bits per heavy atom. The number of hydrogen-bond acceptors (Lipinski definition) is 5. The molecule has 1 aromatic rings. The van der Waals surface area contributed by atoms with Crippen LogP contribution in [-0.2, 0) is 6.54 Å². The van der Waals surface area contributed by atoms with E-state index in [9.17, 15) is 5.11 Å². The standard InChI is InChI=1S/C8H13N3OS/c1-6-9-10-8(13-6)5-11-3-2-7(12)4-11/h7,12H,2-5H2,1H3. The summed E-state index contributed by atoms with van der Waals surface area (Å²) in [5.74, 6) is 0. The molecule has 0 spiro atoms. The molecule has 13 heavy (non-hydrogen) atoms. The van der Waals surface area contributed by atoms with Crippen molar-refractivity contribution in [1.29, 1.82) is 0 Å². The summed E-state index contributed by atoms with van der Waals surface area (Å²) in [5.41, 5.74) is 0. The van der Waals surface area contributed by atoms with Crippen LogP contribution in [0.5, 0.6) is 0 Å². The normalized spacial score (nSPS) is 24.0. The van der Waals surface area contributed by atoms with Gasteiger partial charge in [0, 0.05) is 13.1 Å². The molecule has 0 aliphatic carbocycles. The molecule has 1 N–H and O–H groups in total. The van der Waals surface area contributed by atoms with Gasteiger partial charge in [-0.15, -0.1) is 21.5 Å². The highest BCUT2D eigenvalue weighted by Crippen LogP contribution is 2.15. The number of nitrogens with zero attached hydrogens (tertiary/aromatic N) is 3. The molecule has 72 valence electrons. The Morgan fingerprint density at radius 1 is 1.62 bits per heavy atom. The summed E-state index contributed by atoms with van der Waals surface area (Å²) < 4.78 is 0. The lowest BCUT2D eigenvalue weighted by Crippen LogP contribution is -2.21. The SMILES string of the molecule is Cc1nnc(CN2CCC(O)C2)s1. The Balaban J connectivity index is 1.91. The minimum Gasteiger partial charge on any atom is -0.392 e. The van der Waals surface area contributed by atoms with Crippen LogP contribution in [0.2, 0.25) is 0 Å². The first-order valence-electron chi connectivity index (χ1n) is 4.43. The molecule has 0 amide bonds. The molecule has 0 saturated carbocycles. The van der Waals surface area contributed by atoms with E-state index in [0.29, 0.717) is 0 Å². The summed E-state index contributed by atoms with van der Waals surface area (Å²) in [6.45, 7) is 4.54. The predicted octanol–water partition coefficient (Wildman–Crippen LogP) is 0.413. The zero-order valence-corrected chi connectivity index (χ0v) is 8.42. The van der Waals surface area contributed by atoms with Gasteiger partial charge in [0.05, 0.1) is 12.6 Å². The molecule has 2 rings (SSSR count). The monoisotopic (exact) mass is 199 g/mol. The second kappa shape index (κ2) is 3.69. The summed E-state index contributed by atoms with van der Waals surface area (Å²) in [6, 6.07) is 0. The van der Waals surface area contributed by atoms with Gasteiger partial charge >= 0.3 is 0 Å². The molecule has 0 bridgehead atoms. The highest BCUT2D eigenvalue weighted by Gasteiger charge is 2.20. The maximum Gasteiger partial charge on any atom is 0.131 e. The molecule has 1 aromatic heterocycles. The van der Waals surface area contributed by atoms with Crippen molar-refractivity contribution >= 4 is 11.3 Å². The first-order valence-corrected chi connectivity index (χ1v) is 5.25. The third-order valence-electron chi connectivity index (χ3n) is 2.17. The summed E-state index contributed by atoms with van der Waals surface area (Å²) in [4.78, 5) is 2.21. The van der Waals surface area contributed by atoms with Gasteiger partial charge < -0.3 is 5.11 Å². The van der Waals surface area contributed by atoms with Crippen molar-refractivity contribution in [3.63, 3.8) is 0 Å². The van der Waals surface area contributed by atoms with Gasteiger partial charge in [0.2, 0.25) is 0 Å². The molecule has 1 saturated heterocycles. The van der Waals surface area contributed by atoms with Crippen LogP contribution in [-0.4, -0.2) is 39.4 Å². The Bertz CT molecular complexity index is 289. The van der Waals surface area contributed by atoms with E-state index >= 15 is 0 Å². The molecular weight excluding hydrogens is 186 g/mol. The van der Waals surface area contributed by atoms with E-state index in [1.54, 1.807) is 11.3 Å². The van der Waals surface area contributed by atoms with Crippen LogP contribution >= 0.6 is 11.3 Å². The van der Waals surface area contributed by atoms with E-state index in [1.807, 2.05) is 6.92 Å². The van der Waals surface area contributed by atoms with Gasteiger partial charge in [-0.1, -0.05) is 0 Å². The molecule has 0 aromatic carbocycles. The number of aliphatic hydroxyl groups is 1. The van der Waals surface area contributed by atoms with Gasteiger partial charge in [-0.3, -0.25) is 4.90 Å². The third-order valence-corrected chi connectivity index (χ3v) is 3.00. The molecule has 1 aliphatic rings. The largest absolute Gasteiger partial charge is 0.392 e. The number of rotatable bonds is 2. The number of β-amino-alcohol motifs (C(OH)–C–C–N with tert-alkyl or cyclic N) is 1. The van der Waals surface area contributed by atoms with Gasteiger partial charge in [-0.25, -0.2) is 0 Å². The fourth-order valence-electron chi connectivity index (χ4n) is 1.55. The quantitative estimate of drug-likeness (QED) is 0.749. The zero-order chi connectivity index (χ0) is 9.26. The average molecular weight is 199 g/mol. The van der Waals surface area contributed by atoms with Crippen LogP contribution in [0.3, 0.4) is 0 Å².